The Kier molecular flexibility index (Phi) is 2.47. The van der Waals surface area contributed by atoms with Crippen molar-refractivity contribution in [1.82, 2.24) is 9.97 Å². The van der Waals surface area contributed by atoms with Crippen LogP contribution in [-0.4, -0.2) is 9.97 Å². The molecule has 0 aliphatic carbocycles. The zero-order valence-electron chi connectivity index (χ0n) is 9.61. The molecule has 0 aliphatic rings. The van der Waals surface area contributed by atoms with Crippen molar-refractivity contribution in [3.05, 3.63) is 23.7 Å². The highest BCUT2D eigenvalue weighted by molar-refractivity contribution is 5.67. The van der Waals surface area contributed by atoms with Crippen LogP contribution in [0.15, 0.2) is 16.5 Å². The lowest BCUT2D eigenvalue weighted by Crippen LogP contribution is -1.92. The summed E-state index contributed by atoms with van der Waals surface area (Å²) in [6.45, 7) is 8.37. The molecule has 0 atom stereocenters. The molecule has 2 rings (SSSR count). The summed E-state index contributed by atoms with van der Waals surface area (Å²) in [6.07, 6.45) is 0. The third-order valence-corrected chi connectivity index (χ3v) is 2.38. The highest BCUT2D eigenvalue weighted by Crippen LogP contribution is 2.21. The van der Waals surface area contributed by atoms with Gasteiger partial charge in [-0.25, -0.2) is 4.98 Å². The first-order valence-electron chi connectivity index (χ1n) is 5.35. The van der Waals surface area contributed by atoms with Gasteiger partial charge in [0, 0.05) is 11.6 Å². The number of hydrogen-bond acceptors (Lipinski definition) is 3. The highest BCUT2D eigenvalue weighted by Gasteiger charge is 2.11. The normalized spacial score (nSPS) is 11.9. The quantitative estimate of drug-likeness (QED) is 0.751. The first-order valence-corrected chi connectivity index (χ1v) is 5.35. The van der Waals surface area contributed by atoms with Crippen LogP contribution in [0.5, 0.6) is 0 Å². The third kappa shape index (κ3) is 1.87. The van der Waals surface area contributed by atoms with Gasteiger partial charge >= 0.3 is 0 Å². The summed E-state index contributed by atoms with van der Waals surface area (Å²) < 4.78 is 5.59. The molecule has 2 aromatic rings. The molecule has 2 aromatic heterocycles. The summed E-state index contributed by atoms with van der Waals surface area (Å²) in [4.78, 5) is 8.85. The van der Waals surface area contributed by atoms with E-state index < -0.39 is 0 Å². The zero-order chi connectivity index (χ0) is 11.0. The molecule has 15 heavy (non-hydrogen) atoms. The van der Waals surface area contributed by atoms with Gasteiger partial charge in [0.1, 0.15) is 0 Å². The SMILES string of the molecule is CC(C)c1ccc2oc(C(C)C)nc2n1. The lowest BCUT2D eigenvalue weighted by molar-refractivity contribution is 0.501. The molecule has 0 saturated carbocycles. The Bertz CT molecular complexity index is 465. The lowest BCUT2D eigenvalue weighted by atomic mass is 10.1. The molecule has 0 saturated heterocycles. The number of pyridine rings is 1. The monoisotopic (exact) mass is 204 g/mol. The Balaban J connectivity index is 2.52. The molecular weight excluding hydrogens is 188 g/mol. The van der Waals surface area contributed by atoms with Crippen LogP contribution in [0.25, 0.3) is 11.2 Å². The van der Waals surface area contributed by atoms with Crippen molar-refractivity contribution in [2.45, 2.75) is 39.5 Å². The molecule has 2 heterocycles. The van der Waals surface area contributed by atoms with Gasteiger partial charge in [-0.2, -0.15) is 4.98 Å². The van der Waals surface area contributed by atoms with Gasteiger partial charge in [-0.3, -0.25) is 0 Å². The Labute approximate surface area is 89.5 Å². The maximum atomic E-state index is 5.59. The number of hydrogen-bond donors (Lipinski definition) is 0. The van der Waals surface area contributed by atoms with E-state index in [-0.39, 0.29) is 0 Å². The smallest absolute Gasteiger partial charge is 0.199 e. The van der Waals surface area contributed by atoms with Gasteiger partial charge in [-0.05, 0) is 18.1 Å². The van der Waals surface area contributed by atoms with E-state index in [2.05, 4.69) is 37.7 Å². The predicted molar refractivity (Wildman–Crippen MR) is 60.0 cm³/mol. The van der Waals surface area contributed by atoms with Crippen LogP contribution in [0.4, 0.5) is 0 Å². The van der Waals surface area contributed by atoms with Crippen LogP contribution >= 0.6 is 0 Å². The molecule has 0 N–H and O–H groups in total. The molecular formula is C12H16N2O. The first-order chi connectivity index (χ1) is 7.08. The van der Waals surface area contributed by atoms with Crippen molar-refractivity contribution in [2.24, 2.45) is 0 Å². The molecule has 0 unspecified atom stereocenters. The van der Waals surface area contributed by atoms with Crippen LogP contribution in [-0.2, 0) is 0 Å². The van der Waals surface area contributed by atoms with Gasteiger partial charge in [0.25, 0.3) is 0 Å². The second-order valence-corrected chi connectivity index (χ2v) is 4.42. The number of fused-ring (bicyclic) bond motifs is 1. The van der Waals surface area contributed by atoms with Crippen molar-refractivity contribution in [1.29, 1.82) is 0 Å². The second-order valence-electron chi connectivity index (χ2n) is 4.42. The fourth-order valence-electron chi connectivity index (χ4n) is 1.42. The molecule has 0 amide bonds. The molecule has 80 valence electrons. The number of oxazole rings is 1. The van der Waals surface area contributed by atoms with E-state index in [4.69, 9.17) is 4.42 Å². The fraction of sp³-hybridized carbons (Fsp3) is 0.500. The number of rotatable bonds is 2. The molecule has 0 aromatic carbocycles. The van der Waals surface area contributed by atoms with Crippen LogP contribution in [0.3, 0.4) is 0 Å². The summed E-state index contributed by atoms with van der Waals surface area (Å²) in [5, 5.41) is 0. The standard InChI is InChI=1S/C12H16N2O/c1-7(2)9-5-6-10-11(13-9)14-12(15-10)8(3)4/h5-8H,1-4H3. The highest BCUT2D eigenvalue weighted by atomic mass is 16.3. The average Bonchev–Trinajstić information content (AvgIpc) is 2.59. The van der Waals surface area contributed by atoms with E-state index in [9.17, 15) is 0 Å². The van der Waals surface area contributed by atoms with Gasteiger partial charge in [0.15, 0.2) is 17.1 Å². The topological polar surface area (TPSA) is 38.9 Å². The summed E-state index contributed by atoms with van der Waals surface area (Å²) >= 11 is 0. The maximum absolute atomic E-state index is 5.59. The molecule has 0 bridgehead atoms. The molecule has 0 spiro atoms. The minimum atomic E-state index is 0.307. The van der Waals surface area contributed by atoms with E-state index in [1.807, 2.05) is 12.1 Å². The molecule has 3 heteroatoms. The van der Waals surface area contributed by atoms with Gasteiger partial charge in [-0.1, -0.05) is 27.7 Å². The molecule has 0 aliphatic heterocycles. The van der Waals surface area contributed by atoms with Crippen LogP contribution in [0.1, 0.15) is 51.1 Å². The Morgan fingerprint density at radius 2 is 1.73 bits per heavy atom. The summed E-state index contributed by atoms with van der Waals surface area (Å²) in [6, 6.07) is 3.96. The Hall–Kier alpha value is -1.38. The molecule has 0 radical (unpaired) electrons. The Morgan fingerprint density at radius 1 is 1.00 bits per heavy atom. The fourth-order valence-corrected chi connectivity index (χ4v) is 1.42. The molecule has 3 nitrogen and oxygen atoms in total. The zero-order valence-corrected chi connectivity index (χ0v) is 9.61. The summed E-state index contributed by atoms with van der Waals surface area (Å²) in [7, 11) is 0. The van der Waals surface area contributed by atoms with Crippen LogP contribution in [0.2, 0.25) is 0 Å². The largest absolute Gasteiger partial charge is 0.439 e. The minimum Gasteiger partial charge on any atom is -0.439 e. The minimum absolute atomic E-state index is 0.307. The van der Waals surface area contributed by atoms with E-state index in [1.165, 1.54) is 0 Å². The summed E-state index contributed by atoms with van der Waals surface area (Å²) in [5.74, 6) is 1.49. The van der Waals surface area contributed by atoms with Gasteiger partial charge in [0.05, 0.1) is 0 Å². The average molecular weight is 204 g/mol. The van der Waals surface area contributed by atoms with Crippen LogP contribution in [0, 0.1) is 0 Å². The van der Waals surface area contributed by atoms with Gasteiger partial charge in [0.2, 0.25) is 0 Å². The number of nitrogens with zero attached hydrogens (tertiary/aromatic N) is 2. The third-order valence-electron chi connectivity index (χ3n) is 2.38. The van der Waals surface area contributed by atoms with Crippen molar-refractivity contribution >= 4 is 11.2 Å². The van der Waals surface area contributed by atoms with E-state index in [0.717, 1.165) is 22.8 Å². The van der Waals surface area contributed by atoms with E-state index >= 15 is 0 Å². The maximum Gasteiger partial charge on any atom is 0.199 e. The molecule has 0 fully saturated rings. The van der Waals surface area contributed by atoms with Gasteiger partial charge < -0.3 is 4.42 Å². The predicted octanol–water partition coefficient (Wildman–Crippen LogP) is 3.47. The van der Waals surface area contributed by atoms with Crippen LogP contribution < -0.4 is 0 Å². The van der Waals surface area contributed by atoms with Crippen molar-refractivity contribution in [3.63, 3.8) is 0 Å². The second kappa shape index (κ2) is 3.65. The van der Waals surface area contributed by atoms with Crippen molar-refractivity contribution in [3.8, 4) is 0 Å². The van der Waals surface area contributed by atoms with E-state index in [1.54, 1.807) is 0 Å². The van der Waals surface area contributed by atoms with Crippen molar-refractivity contribution in [2.75, 3.05) is 0 Å². The lowest BCUT2D eigenvalue weighted by Gasteiger charge is -2.01. The first kappa shape index (κ1) is 10.1. The summed E-state index contributed by atoms with van der Waals surface area (Å²) in [5.41, 5.74) is 2.57. The number of aromatic nitrogens is 2. The van der Waals surface area contributed by atoms with Gasteiger partial charge in [-0.15, -0.1) is 0 Å². The Morgan fingerprint density at radius 3 is 2.33 bits per heavy atom. The van der Waals surface area contributed by atoms with E-state index in [0.29, 0.717) is 11.8 Å². The van der Waals surface area contributed by atoms with Crippen molar-refractivity contribution < 1.29 is 4.42 Å².